The molecule has 0 aliphatic rings. The Bertz CT molecular complexity index is 20.0. The summed E-state index contributed by atoms with van der Waals surface area (Å²) in [6.45, 7) is 0.153. The summed E-state index contributed by atoms with van der Waals surface area (Å²) >= 11 is 0. The summed E-state index contributed by atoms with van der Waals surface area (Å²) in [6.07, 6.45) is 0. The number of nitrogens with two attached hydrogens (primary N) is 1. The zero-order valence-corrected chi connectivity index (χ0v) is 1.97. The molecular weight excluding hydrogens is 58.0 g/mol. The van der Waals surface area contributed by atoms with Gasteiger partial charge in [0, 0.05) is 0 Å². The molecular formula is CH3NO2. The molecule has 0 saturated heterocycles. The summed E-state index contributed by atoms with van der Waals surface area (Å²) in [7, 11) is 0. The molecule has 0 aliphatic carbocycles. The number of hydrogen-bond donors (Lipinski definition) is 1. The van der Waals surface area contributed by atoms with Crippen LogP contribution in [0.4, 0.5) is 0 Å². The van der Waals surface area contributed by atoms with Crippen LogP contribution in [-0.4, -0.2) is 6.47 Å². The Morgan fingerprint density at radius 1 is 2.00 bits per heavy atom. The number of hydrogen-bond acceptors (Lipinski definition) is 3. The van der Waals surface area contributed by atoms with Gasteiger partial charge >= 0.3 is 6.47 Å². The summed E-state index contributed by atoms with van der Waals surface area (Å²) in [4.78, 5) is 12.2. The highest BCUT2D eigenvalue weighted by Gasteiger charge is 1.44. The molecule has 24 valence electrons. The second-order valence-corrected chi connectivity index (χ2v) is 0.232. The highest BCUT2D eigenvalue weighted by molar-refractivity contribution is 5.35. The van der Waals surface area contributed by atoms with Crippen molar-refractivity contribution >= 4 is 6.47 Å². The number of carbonyl (C=O) groups excluding carboxylic acids is 1. The lowest BCUT2D eigenvalue weighted by Crippen LogP contribution is -1.92. The molecule has 0 radical (unpaired) electrons. The molecule has 0 aromatic carbocycles. The van der Waals surface area contributed by atoms with Crippen molar-refractivity contribution in [3.63, 3.8) is 0 Å². The highest BCUT2D eigenvalue weighted by Crippen LogP contribution is 1.24. The van der Waals surface area contributed by atoms with Crippen molar-refractivity contribution in [3.05, 3.63) is 0 Å². The van der Waals surface area contributed by atoms with E-state index in [4.69, 9.17) is 4.79 Å². The average molecular weight is 61.0 g/mol. The van der Waals surface area contributed by atoms with Gasteiger partial charge in [0.25, 0.3) is 0 Å². The lowest BCUT2D eigenvalue weighted by Gasteiger charge is -1.66. The lowest BCUT2D eigenvalue weighted by atomic mass is 11.6. The zero-order chi connectivity index (χ0) is 3.41. The van der Waals surface area contributed by atoms with Crippen LogP contribution in [0.2, 0.25) is 0 Å². The van der Waals surface area contributed by atoms with E-state index < -0.39 is 0 Å². The lowest BCUT2D eigenvalue weighted by molar-refractivity contribution is -0.129. The van der Waals surface area contributed by atoms with E-state index in [1.54, 1.807) is 0 Å². The number of rotatable bonds is 1. The summed E-state index contributed by atoms with van der Waals surface area (Å²) in [5.41, 5.74) is 0. The van der Waals surface area contributed by atoms with Gasteiger partial charge in [-0.1, -0.05) is 0 Å². The van der Waals surface area contributed by atoms with Crippen LogP contribution in [0.3, 0.4) is 0 Å². The van der Waals surface area contributed by atoms with E-state index in [1.807, 2.05) is 0 Å². The first-order valence-electron chi connectivity index (χ1n) is 0.707. The molecule has 0 aliphatic heterocycles. The van der Waals surface area contributed by atoms with Gasteiger partial charge in [-0.05, 0) is 0 Å². The third-order valence-electron chi connectivity index (χ3n) is 0.0556. The molecule has 0 heterocycles. The first-order valence-corrected chi connectivity index (χ1v) is 0.707. The minimum Gasteiger partial charge on any atom is -0.376 e. The molecule has 0 saturated carbocycles. The molecule has 0 unspecified atom stereocenters. The maximum Gasteiger partial charge on any atom is 0.312 e. The minimum atomic E-state index is 0.153. The molecule has 0 rings (SSSR count). The zero-order valence-electron chi connectivity index (χ0n) is 1.97. The van der Waals surface area contributed by atoms with Crippen LogP contribution in [0, 0.1) is 0 Å². The van der Waals surface area contributed by atoms with E-state index in [2.05, 4.69) is 10.7 Å². The van der Waals surface area contributed by atoms with Crippen molar-refractivity contribution in [2.75, 3.05) is 0 Å². The Morgan fingerprint density at radius 2 is 2.25 bits per heavy atom. The smallest absolute Gasteiger partial charge is 0.312 e. The average Bonchev–Trinajstić information content (AvgIpc) is 1.37. The second kappa shape index (κ2) is 2.43. The summed E-state index contributed by atoms with van der Waals surface area (Å²) < 4.78 is 0. The molecule has 0 aromatic rings. The van der Waals surface area contributed by atoms with Crippen LogP contribution >= 0.6 is 0 Å². The van der Waals surface area contributed by atoms with Crippen LogP contribution in [0.1, 0.15) is 0 Å². The SMILES string of the molecule is NOC=O. The minimum absolute atomic E-state index is 0.153. The van der Waals surface area contributed by atoms with Crippen molar-refractivity contribution in [1.82, 2.24) is 0 Å². The Labute approximate surface area is 23.3 Å². The molecule has 4 heavy (non-hydrogen) atoms. The number of carbonyl (C=O) groups is 1. The fourth-order valence-electron chi connectivity index (χ4n) is 0. The summed E-state index contributed by atoms with van der Waals surface area (Å²) in [5, 5.41) is 0. The molecule has 0 bridgehead atoms. The van der Waals surface area contributed by atoms with Gasteiger partial charge in [0.2, 0.25) is 0 Å². The first kappa shape index (κ1) is 3.43. The summed E-state index contributed by atoms with van der Waals surface area (Å²) in [5.74, 6) is 4.16. The van der Waals surface area contributed by atoms with Crippen molar-refractivity contribution in [2.45, 2.75) is 0 Å². The molecule has 3 nitrogen and oxygen atoms in total. The predicted octanol–water partition coefficient (Wildman–Crippen LogP) is -0.967. The third kappa shape index (κ3) is 1.43. The maximum absolute atomic E-state index is 8.83. The van der Waals surface area contributed by atoms with E-state index in [0.717, 1.165) is 0 Å². The first-order chi connectivity index (χ1) is 1.91. The van der Waals surface area contributed by atoms with Crippen molar-refractivity contribution in [1.29, 1.82) is 0 Å². The molecule has 0 atom stereocenters. The Morgan fingerprint density at radius 3 is 2.25 bits per heavy atom. The monoisotopic (exact) mass is 61.0 g/mol. The van der Waals surface area contributed by atoms with Crippen molar-refractivity contribution < 1.29 is 9.63 Å². The van der Waals surface area contributed by atoms with Gasteiger partial charge < -0.3 is 4.84 Å². The van der Waals surface area contributed by atoms with Gasteiger partial charge in [0.1, 0.15) is 0 Å². The van der Waals surface area contributed by atoms with Crippen LogP contribution in [0.25, 0.3) is 0 Å². The van der Waals surface area contributed by atoms with E-state index in [1.165, 1.54) is 0 Å². The van der Waals surface area contributed by atoms with Gasteiger partial charge in [-0.15, -0.1) is 0 Å². The van der Waals surface area contributed by atoms with Crippen LogP contribution in [0.5, 0.6) is 0 Å². The molecule has 0 amide bonds. The Hall–Kier alpha value is -0.570. The Balaban J connectivity index is 2.30. The molecule has 0 spiro atoms. The van der Waals surface area contributed by atoms with Gasteiger partial charge in [0.15, 0.2) is 0 Å². The maximum atomic E-state index is 8.83. The van der Waals surface area contributed by atoms with Crippen LogP contribution in [0.15, 0.2) is 0 Å². The standard InChI is InChI=1S/CH3NO2/c2-4-1-3/h1H,2H2. The second-order valence-electron chi connectivity index (χ2n) is 0.232. The largest absolute Gasteiger partial charge is 0.376 e. The topological polar surface area (TPSA) is 52.3 Å². The fraction of sp³-hybridized carbons (Fsp3) is 0. The quantitative estimate of drug-likeness (QED) is 0.313. The van der Waals surface area contributed by atoms with Crippen LogP contribution < -0.4 is 5.90 Å². The van der Waals surface area contributed by atoms with Crippen molar-refractivity contribution in [3.8, 4) is 0 Å². The van der Waals surface area contributed by atoms with E-state index >= 15 is 0 Å². The molecule has 2 N–H and O–H groups in total. The van der Waals surface area contributed by atoms with Gasteiger partial charge in [-0.3, -0.25) is 4.79 Å². The van der Waals surface area contributed by atoms with Gasteiger partial charge in [-0.2, -0.15) is 5.90 Å². The fourth-order valence-corrected chi connectivity index (χ4v) is 0. The highest BCUT2D eigenvalue weighted by atomic mass is 16.6. The molecule has 0 aromatic heterocycles. The normalized spacial score (nSPS) is 5.25. The van der Waals surface area contributed by atoms with Gasteiger partial charge in [-0.25, -0.2) is 0 Å². The molecule has 3 heteroatoms. The predicted molar refractivity (Wildman–Crippen MR) is 11.3 cm³/mol. The van der Waals surface area contributed by atoms with E-state index in [9.17, 15) is 0 Å². The van der Waals surface area contributed by atoms with Crippen LogP contribution in [-0.2, 0) is 9.63 Å². The summed E-state index contributed by atoms with van der Waals surface area (Å²) in [6, 6.07) is 0. The Kier molecular flexibility index (Phi) is 2.08. The molecule has 0 fully saturated rings. The van der Waals surface area contributed by atoms with Crippen molar-refractivity contribution in [2.24, 2.45) is 5.90 Å². The van der Waals surface area contributed by atoms with E-state index in [-0.39, 0.29) is 6.47 Å². The van der Waals surface area contributed by atoms with E-state index in [0.29, 0.717) is 0 Å². The van der Waals surface area contributed by atoms with Gasteiger partial charge in [0.05, 0.1) is 0 Å². The third-order valence-corrected chi connectivity index (χ3v) is 0.0556.